The molecule has 0 aliphatic carbocycles. The van der Waals surface area contributed by atoms with Gasteiger partial charge in [-0.3, -0.25) is 0 Å². The van der Waals surface area contributed by atoms with E-state index in [1.54, 1.807) is 0 Å². The third-order valence-electron chi connectivity index (χ3n) is 2.43. The highest BCUT2D eigenvalue weighted by Gasteiger charge is 2.10. The molecule has 0 bridgehead atoms. The van der Waals surface area contributed by atoms with E-state index in [1.165, 1.54) is 17.2 Å². The van der Waals surface area contributed by atoms with Gasteiger partial charge in [0.1, 0.15) is 10.7 Å². The third-order valence-corrected chi connectivity index (χ3v) is 3.02. The zero-order valence-electron chi connectivity index (χ0n) is 9.13. The number of nitrogen functional groups attached to an aromatic ring is 1. The van der Waals surface area contributed by atoms with E-state index in [0.717, 1.165) is 12.2 Å². The Morgan fingerprint density at radius 1 is 1.31 bits per heavy atom. The van der Waals surface area contributed by atoms with E-state index >= 15 is 0 Å². The Hall–Kier alpha value is -1.62. The van der Waals surface area contributed by atoms with E-state index < -0.39 is 0 Å². The molecule has 4 nitrogen and oxygen atoms in total. The summed E-state index contributed by atoms with van der Waals surface area (Å²) in [5, 5.41) is 4.73. The van der Waals surface area contributed by atoms with Crippen molar-refractivity contribution in [2.75, 3.05) is 17.2 Å². The molecule has 0 aliphatic rings. The zero-order valence-corrected chi connectivity index (χ0v) is 9.94. The van der Waals surface area contributed by atoms with Crippen LogP contribution in [0.25, 0.3) is 0 Å². The van der Waals surface area contributed by atoms with Gasteiger partial charge in [0.2, 0.25) is 0 Å². The van der Waals surface area contributed by atoms with Crippen LogP contribution in [0.5, 0.6) is 0 Å². The molecule has 1 aromatic carbocycles. The number of nitrogens with two attached hydrogens (primary N) is 1. The van der Waals surface area contributed by atoms with Crippen LogP contribution in [0.3, 0.4) is 0 Å². The molecule has 0 atom stereocenters. The predicted molar refractivity (Wildman–Crippen MR) is 67.5 cm³/mol. The number of hydrogen-bond donors (Lipinski definition) is 1. The number of anilines is 2. The van der Waals surface area contributed by atoms with Gasteiger partial charge in [0.15, 0.2) is 0 Å². The second-order valence-electron chi connectivity index (χ2n) is 3.43. The summed E-state index contributed by atoms with van der Waals surface area (Å²) in [6.07, 6.45) is 0. The quantitative estimate of drug-likeness (QED) is 0.880. The van der Waals surface area contributed by atoms with E-state index in [2.05, 4.69) is 33.5 Å². The highest BCUT2D eigenvalue weighted by molar-refractivity contribution is 7.09. The summed E-state index contributed by atoms with van der Waals surface area (Å²) in [6, 6.07) is 10.2. The van der Waals surface area contributed by atoms with Gasteiger partial charge in [0, 0.05) is 23.8 Å². The predicted octanol–water partition coefficient (Wildman–Crippen LogP) is 2.15. The molecule has 2 N–H and O–H groups in total. The number of hydrogen-bond acceptors (Lipinski definition) is 5. The van der Waals surface area contributed by atoms with E-state index in [4.69, 9.17) is 5.73 Å². The first-order chi connectivity index (χ1) is 7.81. The van der Waals surface area contributed by atoms with Gasteiger partial charge in [-0.1, -0.05) is 22.7 Å². The molecule has 1 aromatic heterocycles. The second kappa shape index (κ2) is 4.94. The van der Waals surface area contributed by atoms with Gasteiger partial charge in [-0.2, -0.15) is 0 Å². The average Bonchev–Trinajstić information content (AvgIpc) is 2.73. The summed E-state index contributed by atoms with van der Waals surface area (Å²) < 4.78 is 3.84. The fraction of sp³-hybridized carbons (Fsp3) is 0.273. The van der Waals surface area contributed by atoms with Gasteiger partial charge in [-0.05, 0) is 19.1 Å². The van der Waals surface area contributed by atoms with Gasteiger partial charge < -0.3 is 10.6 Å². The molecule has 0 saturated heterocycles. The van der Waals surface area contributed by atoms with Crippen molar-refractivity contribution in [2.45, 2.75) is 13.5 Å². The molecule has 0 amide bonds. The highest BCUT2D eigenvalue weighted by Crippen LogP contribution is 2.19. The normalized spacial score (nSPS) is 10.3. The molecule has 16 heavy (non-hydrogen) atoms. The van der Waals surface area contributed by atoms with Crippen molar-refractivity contribution in [2.24, 2.45) is 0 Å². The molecule has 1 heterocycles. The van der Waals surface area contributed by atoms with E-state index in [-0.39, 0.29) is 0 Å². The topological polar surface area (TPSA) is 55.0 Å². The van der Waals surface area contributed by atoms with E-state index in [9.17, 15) is 0 Å². The van der Waals surface area contributed by atoms with Crippen LogP contribution in [0, 0.1) is 0 Å². The Morgan fingerprint density at radius 3 is 2.62 bits per heavy atom. The Bertz CT molecular complexity index is 440. The van der Waals surface area contributed by atoms with E-state index in [0.29, 0.717) is 11.5 Å². The number of para-hydroxylation sites is 1. The summed E-state index contributed by atoms with van der Waals surface area (Å²) in [7, 11) is 0. The summed E-state index contributed by atoms with van der Waals surface area (Å²) in [5.41, 5.74) is 7.82. The highest BCUT2D eigenvalue weighted by atomic mass is 32.1. The van der Waals surface area contributed by atoms with Crippen LogP contribution in [0.2, 0.25) is 0 Å². The second-order valence-corrected chi connectivity index (χ2v) is 4.22. The Morgan fingerprint density at radius 2 is 2.06 bits per heavy atom. The zero-order chi connectivity index (χ0) is 11.4. The van der Waals surface area contributed by atoms with Crippen molar-refractivity contribution < 1.29 is 0 Å². The molecule has 0 saturated carbocycles. The Balaban J connectivity index is 2.16. The van der Waals surface area contributed by atoms with Crippen LogP contribution < -0.4 is 10.6 Å². The first-order valence-electron chi connectivity index (χ1n) is 5.18. The number of aromatic nitrogens is 2. The first-order valence-corrected chi connectivity index (χ1v) is 5.95. The molecule has 0 spiro atoms. The van der Waals surface area contributed by atoms with Crippen LogP contribution >= 0.6 is 11.5 Å². The lowest BCUT2D eigenvalue weighted by Gasteiger charge is -2.21. The van der Waals surface area contributed by atoms with Crippen LogP contribution in [0.1, 0.15) is 12.6 Å². The summed E-state index contributed by atoms with van der Waals surface area (Å²) in [6.45, 7) is 3.74. The maximum atomic E-state index is 5.79. The van der Waals surface area contributed by atoms with Gasteiger partial charge in [-0.15, -0.1) is 5.10 Å². The van der Waals surface area contributed by atoms with Crippen molar-refractivity contribution in [3.05, 3.63) is 36.0 Å². The summed E-state index contributed by atoms with van der Waals surface area (Å²) in [4.78, 5) is 2.22. The lowest BCUT2D eigenvalue weighted by Crippen LogP contribution is -2.22. The largest absolute Gasteiger partial charge is 0.388 e. The molecule has 84 valence electrons. The fourth-order valence-corrected chi connectivity index (χ4v) is 1.97. The molecular weight excluding hydrogens is 220 g/mol. The number of benzene rings is 1. The molecule has 0 fully saturated rings. The Labute approximate surface area is 98.9 Å². The van der Waals surface area contributed by atoms with Crippen LogP contribution in [-0.4, -0.2) is 16.1 Å². The molecular formula is C11H14N4S. The van der Waals surface area contributed by atoms with Crippen LogP contribution in [-0.2, 0) is 6.54 Å². The molecule has 0 aliphatic heterocycles. The fourth-order valence-electron chi connectivity index (χ4n) is 1.53. The standard InChI is InChI=1S/C11H14N4S/c1-2-15(9-6-4-3-5-7-9)8-10-11(12)16-14-13-10/h3-7H,2,8,12H2,1H3. The summed E-state index contributed by atoms with van der Waals surface area (Å²) in [5.74, 6) is 0. The molecule has 2 aromatic rings. The van der Waals surface area contributed by atoms with Gasteiger partial charge >= 0.3 is 0 Å². The average molecular weight is 234 g/mol. The third kappa shape index (κ3) is 2.30. The summed E-state index contributed by atoms with van der Waals surface area (Å²) >= 11 is 1.24. The van der Waals surface area contributed by atoms with Crippen LogP contribution in [0.15, 0.2) is 30.3 Å². The maximum Gasteiger partial charge on any atom is 0.132 e. The van der Waals surface area contributed by atoms with Crippen molar-refractivity contribution in [3.8, 4) is 0 Å². The first kappa shape index (κ1) is 10.9. The smallest absolute Gasteiger partial charge is 0.132 e. The SMILES string of the molecule is CCN(Cc1nnsc1N)c1ccccc1. The lowest BCUT2D eigenvalue weighted by molar-refractivity contribution is 0.805. The van der Waals surface area contributed by atoms with Gasteiger partial charge in [0.25, 0.3) is 0 Å². The monoisotopic (exact) mass is 234 g/mol. The number of nitrogens with zero attached hydrogens (tertiary/aromatic N) is 3. The van der Waals surface area contributed by atoms with Crippen molar-refractivity contribution >= 4 is 22.2 Å². The molecule has 0 radical (unpaired) electrons. The van der Waals surface area contributed by atoms with E-state index in [1.807, 2.05) is 18.2 Å². The van der Waals surface area contributed by atoms with Gasteiger partial charge in [-0.25, -0.2) is 0 Å². The van der Waals surface area contributed by atoms with Crippen molar-refractivity contribution in [1.82, 2.24) is 9.59 Å². The van der Waals surface area contributed by atoms with Crippen LogP contribution in [0.4, 0.5) is 10.7 Å². The van der Waals surface area contributed by atoms with Gasteiger partial charge in [0.05, 0.1) is 6.54 Å². The minimum Gasteiger partial charge on any atom is -0.388 e. The molecule has 2 rings (SSSR count). The minimum atomic E-state index is 0.703. The molecule has 5 heteroatoms. The molecule has 0 unspecified atom stereocenters. The van der Waals surface area contributed by atoms with Crippen molar-refractivity contribution in [1.29, 1.82) is 0 Å². The van der Waals surface area contributed by atoms with Crippen molar-refractivity contribution in [3.63, 3.8) is 0 Å². The Kier molecular flexibility index (Phi) is 3.36. The number of rotatable bonds is 4. The minimum absolute atomic E-state index is 0.703. The lowest BCUT2D eigenvalue weighted by atomic mass is 10.2. The maximum absolute atomic E-state index is 5.79.